The molecule has 0 spiro atoms. The minimum atomic E-state index is -0.796. The highest BCUT2D eigenvalue weighted by Gasteiger charge is 2.21. The first kappa shape index (κ1) is 12.4. The molecule has 0 aromatic heterocycles. The standard InChI is InChI=1S/C10H20N2O3/c1-8-6-12(4-3-5-15-8)7-9(11-2)10(13)14/h8-9,11H,3-7H2,1-2H3,(H,13,14). The summed E-state index contributed by atoms with van der Waals surface area (Å²) in [7, 11) is 1.68. The molecule has 0 bridgehead atoms. The van der Waals surface area contributed by atoms with Crippen molar-refractivity contribution in [1.29, 1.82) is 0 Å². The van der Waals surface area contributed by atoms with Crippen LogP contribution in [0, 0.1) is 0 Å². The van der Waals surface area contributed by atoms with Crippen molar-refractivity contribution >= 4 is 5.97 Å². The quantitative estimate of drug-likeness (QED) is 0.679. The van der Waals surface area contributed by atoms with E-state index in [0.29, 0.717) is 6.54 Å². The Kier molecular flexibility index (Phi) is 5.01. The second kappa shape index (κ2) is 6.05. The third kappa shape index (κ3) is 4.15. The van der Waals surface area contributed by atoms with Crippen LogP contribution in [0.2, 0.25) is 0 Å². The van der Waals surface area contributed by atoms with E-state index in [1.54, 1.807) is 7.05 Å². The number of carboxylic acids is 1. The van der Waals surface area contributed by atoms with Gasteiger partial charge >= 0.3 is 5.97 Å². The van der Waals surface area contributed by atoms with Gasteiger partial charge in [0.15, 0.2) is 0 Å². The average molecular weight is 216 g/mol. The molecule has 1 heterocycles. The molecule has 1 fully saturated rings. The summed E-state index contributed by atoms with van der Waals surface area (Å²) in [4.78, 5) is 13.0. The minimum absolute atomic E-state index is 0.193. The number of ether oxygens (including phenoxy) is 1. The molecule has 0 radical (unpaired) electrons. The molecule has 2 atom stereocenters. The molecule has 0 aromatic carbocycles. The Morgan fingerprint density at radius 2 is 2.47 bits per heavy atom. The fourth-order valence-electron chi connectivity index (χ4n) is 1.80. The third-order valence-electron chi connectivity index (χ3n) is 2.62. The molecule has 1 rings (SSSR count). The average Bonchev–Trinajstić information content (AvgIpc) is 2.38. The van der Waals surface area contributed by atoms with Gasteiger partial charge in [-0.2, -0.15) is 0 Å². The van der Waals surface area contributed by atoms with E-state index in [4.69, 9.17) is 9.84 Å². The van der Waals surface area contributed by atoms with Gasteiger partial charge in [-0.05, 0) is 20.4 Å². The van der Waals surface area contributed by atoms with Crippen LogP contribution in [0.15, 0.2) is 0 Å². The molecule has 5 heteroatoms. The second-order valence-corrected chi connectivity index (χ2v) is 3.97. The summed E-state index contributed by atoms with van der Waals surface area (Å²) < 4.78 is 5.50. The molecule has 0 aliphatic carbocycles. The molecule has 1 aliphatic rings. The van der Waals surface area contributed by atoms with Gasteiger partial charge in [0.25, 0.3) is 0 Å². The number of aliphatic carboxylic acids is 1. The van der Waals surface area contributed by atoms with Crippen molar-refractivity contribution in [1.82, 2.24) is 10.2 Å². The zero-order valence-corrected chi connectivity index (χ0v) is 9.40. The van der Waals surface area contributed by atoms with Crippen molar-refractivity contribution in [2.45, 2.75) is 25.5 Å². The Morgan fingerprint density at radius 3 is 3.07 bits per heavy atom. The monoisotopic (exact) mass is 216 g/mol. The summed E-state index contributed by atoms with van der Waals surface area (Å²) in [5.41, 5.74) is 0. The van der Waals surface area contributed by atoms with Gasteiger partial charge in [0.2, 0.25) is 0 Å². The van der Waals surface area contributed by atoms with Crippen LogP contribution in [0.3, 0.4) is 0 Å². The highest BCUT2D eigenvalue weighted by molar-refractivity contribution is 5.73. The maximum atomic E-state index is 10.9. The highest BCUT2D eigenvalue weighted by atomic mass is 16.5. The number of likely N-dealkylation sites (N-methyl/N-ethyl adjacent to an activating group) is 1. The van der Waals surface area contributed by atoms with E-state index in [9.17, 15) is 4.79 Å². The van der Waals surface area contributed by atoms with Crippen LogP contribution in [0.5, 0.6) is 0 Å². The summed E-state index contributed by atoms with van der Waals surface area (Å²) in [5, 5.41) is 11.7. The van der Waals surface area contributed by atoms with Gasteiger partial charge in [0.05, 0.1) is 6.10 Å². The Bertz CT molecular complexity index is 211. The molecule has 0 saturated carbocycles. The fraction of sp³-hybridized carbons (Fsp3) is 0.900. The first-order valence-corrected chi connectivity index (χ1v) is 5.37. The van der Waals surface area contributed by atoms with E-state index in [-0.39, 0.29) is 6.10 Å². The van der Waals surface area contributed by atoms with Crippen LogP contribution < -0.4 is 5.32 Å². The SMILES string of the molecule is CNC(CN1CCCOC(C)C1)C(=O)O. The lowest BCUT2D eigenvalue weighted by molar-refractivity contribution is -0.139. The van der Waals surface area contributed by atoms with Crippen LogP contribution >= 0.6 is 0 Å². The van der Waals surface area contributed by atoms with Crippen LogP contribution in [0.4, 0.5) is 0 Å². The molecule has 1 aliphatic heterocycles. The molecule has 15 heavy (non-hydrogen) atoms. The largest absolute Gasteiger partial charge is 0.480 e. The first-order chi connectivity index (χ1) is 7.13. The Balaban J connectivity index is 2.44. The van der Waals surface area contributed by atoms with Crippen LogP contribution in [-0.2, 0) is 9.53 Å². The van der Waals surface area contributed by atoms with E-state index in [1.807, 2.05) is 6.92 Å². The molecule has 2 unspecified atom stereocenters. The summed E-state index contributed by atoms with van der Waals surface area (Å²) >= 11 is 0. The lowest BCUT2D eigenvalue weighted by atomic mass is 10.2. The first-order valence-electron chi connectivity index (χ1n) is 5.37. The minimum Gasteiger partial charge on any atom is -0.480 e. The van der Waals surface area contributed by atoms with Gasteiger partial charge in [0.1, 0.15) is 6.04 Å². The highest BCUT2D eigenvalue weighted by Crippen LogP contribution is 2.05. The van der Waals surface area contributed by atoms with Crippen molar-refractivity contribution < 1.29 is 14.6 Å². The molecule has 0 amide bonds. The van der Waals surface area contributed by atoms with Crippen LogP contribution in [-0.4, -0.2) is 61.4 Å². The maximum Gasteiger partial charge on any atom is 0.322 e. The third-order valence-corrected chi connectivity index (χ3v) is 2.62. The second-order valence-electron chi connectivity index (χ2n) is 3.97. The van der Waals surface area contributed by atoms with Gasteiger partial charge < -0.3 is 15.2 Å². The lowest BCUT2D eigenvalue weighted by Crippen LogP contribution is -2.46. The van der Waals surface area contributed by atoms with Gasteiger partial charge in [-0.25, -0.2) is 0 Å². The topological polar surface area (TPSA) is 61.8 Å². The number of rotatable bonds is 4. The Hall–Kier alpha value is -0.650. The van der Waals surface area contributed by atoms with Crippen LogP contribution in [0.25, 0.3) is 0 Å². The summed E-state index contributed by atoms with van der Waals surface area (Å²) in [6.45, 7) is 5.06. The van der Waals surface area contributed by atoms with E-state index in [1.165, 1.54) is 0 Å². The maximum absolute atomic E-state index is 10.9. The normalized spacial score (nSPS) is 25.9. The summed E-state index contributed by atoms with van der Waals surface area (Å²) in [6.07, 6.45) is 1.17. The van der Waals surface area contributed by atoms with Crippen molar-refractivity contribution in [3.8, 4) is 0 Å². The van der Waals surface area contributed by atoms with Crippen LogP contribution in [0.1, 0.15) is 13.3 Å². The summed E-state index contributed by atoms with van der Waals surface area (Å²) in [6, 6.07) is -0.490. The zero-order valence-electron chi connectivity index (χ0n) is 9.40. The van der Waals surface area contributed by atoms with E-state index in [0.717, 1.165) is 26.1 Å². The zero-order chi connectivity index (χ0) is 11.3. The number of hydrogen-bond donors (Lipinski definition) is 2. The fourth-order valence-corrected chi connectivity index (χ4v) is 1.80. The molecular weight excluding hydrogens is 196 g/mol. The Morgan fingerprint density at radius 1 is 1.73 bits per heavy atom. The molecular formula is C10H20N2O3. The number of nitrogens with zero attached hydrogens (tertiary/aromatic N) is 1. The molecule has 0 aromatic rings. The van der Waals surface area contributed by atoms with Gasteiger partial charge in [-0.15, -0.1) is 0 Å². The van der Waals surface area contributed by atoms with Gasteiger partial charge in [-0.3, -0.25) is 9.69 Å². The molecule has 2 N–H and O–H groups in total. The van der Waals surface area contributed by atoms with Crippen molar-refractivity contribution in [2.75, 3.05) is 33.3 Å². The van der Waals surface area contributed by atoms with Gasteiger partial charge in [-0.1, -0.05) is 0 Å². The number of hydrogen-bond acceptors (Lipinski definition) is 4. The van der Waals surface area contributed by atoms with Crippen molar-refractivity contribution in [3.05, 3.63) is 0 Å². The van der Waals surface area contributed by atoms with Crippen molar-refractivity contribution in [3.63, 3.8) is 0 Å². The number of carboxylic acid groups (broad SMARTS) is 1. The van der Waals surface area contributed by atoms with E-state index in [2.05, 4.69) is 10.2 Å². The van der Waals surface area contributed by atoms with E-state index >= 15 is 0 Å². The smallest absolute Gasteiger partial charge is 0.322 e. The predicted molar refractivity (Wildman–Crippen MR) is 57.0 cm³/mol. The molecule has 88 valence electrons. The molecule has 1 saturated heterocycles. The molecule has 5 nitrogen and oxygen atoms in total. The number of carbonyl (C=O) groups is 1. The number of nitrogens with one attached hydrogen (secondary N) is 1. The Labute approximate surface area is 90.4 Å². The van der Waals surface area contributed by atoms with E-state index < -0.39 is 12.0 Å². The van der Waals surface area contributed by atoms with Crippen molar-refractivity contribution in [2.24, 2.45) is 0 Å². The predicted octanol–water partition coefficient (Wildman–Crippen LogP) is -0.230. The summed E-state index contributed by atoms with van der Waals surface area (Å²) in [5.74, 6) is -0.796. The lowest BCUT2D eigenvalue weighted by Gasteiger charge is -2.24. The van der Waals surface area contributed by atoms with Gasteiger partial charge in [0, 0.05) is 26.2 Å².